The number of hydrogen-bond donors (Lipinski definition) is 1. The van der Waals surface area contributed by atoms with Crippen molar-refractivity contribution in [2.24, 2.45) is 0 Å². The number of alkyl halides is 1. The number of nitrogens with zero attached hydrogens (tertiary/aromatic N) is 3. The van der Waals surface area contributed by atoms with Crippen LogP contribution in [0.4, 0.5) is 13.2 Å². The molecule has 1 atom stereocenters. The van der Waals surface area contributed by atoms with Crippen molar-refractivity contribution in [3.8, 4) is 5.69 Å². The van der Waals surface area contributed by atoms with Gasteiger partial charge in [-0.15, -0.1) is 0 Å². The summed E-state index contributed by atoms with van der Waals surface area (Å²) in [6, 6.07) is 17.4. The van der Waals surface area contributed by atoms with Gasteiger partial charge in [-0.1, -0.05) is 18.2 Å². The van der Waals surface area contributed by atoms with E-state index < -0.39 is 18.1 Å². The highest BCUT2D eigenvalue weighted by molar-refractivity contribution is 5.82. The van der Waals surface area contributed by atoms with Crippen molar-refractivity contribution in [3.05, 3.63) is 96.3 Å². The fourth-order valence-electron chi connectivity index (χ4n) is 3.95. The van der Waals surface area contributed by atoms with Crippen molar-refractivity contribution in [1.29, 1.82) is 0 Å². The molecular weight excluding hydrogens is 403 g/mol. The van der Waals surface area contributed by atoms with E-state index in [0.29, 0.717) is 27.5 Å². The lowest BCUT2D eigenvalue weighted by Gasteiger charge is -2.27. The Morgan fingerprint density at radius 2 is 1.74 bits per heavy atom. The van der Waals surface area contributed by atoms with Crippen LogP contribution in [-0.2, 0) is 12.1 Å². The molecule has 0 saturated carbocycles. The SMILES string of the molecule is OC(CF)(Cn1ccc2cccc(F)c21)c1ccc2c(cnn2-c2ccc(F)cc2)c1. The van der Waals surface area contributed by atoms with Crippen LogP contribution in [-0.4, -0.2) is 26.1 Å². The van der Waals surface area contributed by atoms with E-state index in [1.54, 1.807) is 65.6 Å². The number of fused-ring (bicyclic) bond motifs is 2. The Balaban J connectivity index is 1.54. The molecule has 0 saturated heterocycles. The molecule has 0 radical (unpaired) electrons. The average Bonchev–Trinajstić information content (AvgIpc) is 3.39. The van der Waals surface area contributed by atoms with Crippen LogP contribution in [0.5, 0.6) is 0 Å². The first-order chi connectivity index (χ1) is 15.0. The Morgan fingerprint density at radius 3 is 2.52 bits per heavy atom. The van der Waals surface area contributed by atoms with Gasteiger partial charge in [0.05, 0.1) is 29.5 Å². The molecule has 4 nitrogen and oxygen atoms in total. The van der Waals surface area contributed by atoms with Gasteiger partial charge in [-0.05, 0) is 54.1 Å². The lowest BCUT2D eigenvalue weighted by molar-refractivity contribution is -0.00424. The number of aliphatic hydroxyl groups is 1. The Labute approximate surface area is 175 Å². The first kappa shape index (κ1) is 19.4. The van der Waals surface area contributed by atoms with E-state index in [9.17, 15) is 18.3 Å². The van der Waals surface area contributed by atoms with Crippen molar-refractivity contribution in [2.45, 2.75) is 12.1 Å². The van der Waals surface area contributed by atoms with Crippen molar-refractivity contribution in [3.63, 3.8) is 0 Å². The van der Waals surface area contributed by atoms with Crippen LogP contribution in [0.2, 0.25) is 0 Å². The van der Waals surface area contributed by atoms with Crippen LogP contribution in [0, 0.1) is 11.6 Å². The Bertz CT molecular complexity index is 1390. The van der Waals surface area contributed by atoms with Crippen LogP contribution in [0.15, 0.2) is 79.1 Å². The van der Waals surface area contributed by atoms with Gasteiger partial charge < -0.3 is 9.67 Å². The number of aromatic nitrogens is 3. The highest BCUT2D eigenvalue weighted by Gasteiger charge is 2.31. The van der Waals surface area contributed by atoms with E-state index >= 15 is 0 Å². The number of hydrogen-bond acceptors (Lipinski definition) is 2. The second kappa shape index (κ2) is 7.28. The maximum Gasteiger partial charge on any atom is 0.147 e. The predicted molar refractivity (Wildman–Crippen MR) is 113 cm³/mol. The number of rotatable bonds is 5. The minimum atomic E-state index is -1.85. The quantitative estimate of drug-likeness (QED) is 0.428. The lowest BCUT2D eigenvalue weighted by atomic mass is 9.94. The molecule has 0 aliphatic carbocycles. The molecule has 0 bridgehead atoms. The molecule has 7 heteroatoms. The van der Waals surface area contributed by atoms with Gasteiger partial charge in [-0.25, -0.2) is 17.9 Å². The number of halogens is 3. The molecule has 2 heterocycles. The maximum absolute atomic E-state index is 14.3. The molecule has 0 amide bonds. The summed E-state index contributed by atoms with van der Waals surface area (Å²) in [5.41, 5.74) is 0.243. The molecule has 0 spiro atoms. The maximum atomic E-state index is 14.3. The molecule has 1 unspecified atom stereocenters. The summed E-state index contributed by atoms with van der Waals surface area (Å²) >= 11 is 0. The summed E-state index contributed by atoms with van der Waals surface area (Å²) < 4.78 is 44.8. The fraction of sp³-hybridized carbons (Fsp3) is 0.125. The van der Waals surface area contributed by atoms with Gasteiger partial charge in [-0.2, -0.15) is 5.10 Å². The largest absolute Gasteiger partial charge is 0.381 e. The van der Waals surface area contributed by atoms with Crippen molar-refractivity contribution >= 4 is 21.8 Å². The average molecular weight is 421 g/mol. The van der Waals surface area contributed by atoms with Crippen LogP contribution >= 0.6 is 0 Å². The zero-order valence-corrected chi connectivity index (χ0v) is 16.3. The normalized spacial score (nSPS) is 13.7. The molecule has 3 aromatic carbocycles. The molecule has 156 valence electrons. The fourth-order valence-corrected chi connectivity index (χ4v) is 3.95. The van der Waals surface area contributed by atoms with Gasteiger partial charge in [0.2, 0.25) is 0 Å². The first-order valence-corrected chi connectivity index (χ1v) is 9.74. The zero-order chi connectivity index (χ0) is 21.6. The molecule has 1 N–H and O–H groups in total. The van der Waals surface area contributed by atoms with Crippen LogP contribution in [0.3, 0.4) is 0 Å². The Hall–Kier alpha value is -3.58. The Kier molecular flexibility index (Phi) is 4.55. The summed E-state index contributed by atoms with van der Waals surface area (Å²) in [5.74, 6) is -0.774. The first-order valence-electron chi connectivity index (χ1n) is 9.74. The van der Waals surface area contributed by atoms with Crippen LogP contribution in [0.1, 0.15) is 5.56 Å². The minimum Gasteiger partial charge on any atom is -0.381 e. The van der Waals surface area contributed by atoms with Gasteiger partial charge in [-0.3, -0.25) is 0 Å². The summed E-state index contributed by atoms with van der Waals surface area (Å²) in [7, 11) is 0. The van der Waals surface area contributed by atoms with E-state index in [4.69, 9.17) is 0 Å². The lowest BCUT2D eigenvalue weighted by Crippen LogP contribution is -2.33. The molecular formula is C24H18F3N3O. The highest BCUT2D eigenvalue weighted by atomic mass is 19.1. The summed E-state index contributed by atoms with van der Waals surface area (Å²) in [6.07, 6.45) is 3.24. The molecule has 0 aliphatic rings. The molecule has 5 rings (SSSR count). The monoisotopic (exact) mass is 421 g/mol. The zero-order valence-electron chi connectivity index (χ0n) is 16.3. The topological polar surface area (TPSA) is 43.0 Å². The third-order valence-electron chi connectivity index (χ3n) is 5.57. The third-order valence-corrected chi connectivity index (χ3v) is 5.57. The van der Waals surface area contributed by atoms with E-state index in [1.807, 2.05) is 0 Å². The second-order valence-electron chi connectivity index (χ2n) is 7.59. The van der Waals surface area contributed by atoms with Crippen molar-refractivity contribution in [2.75, 3.05) is 6.67 Å². The second-order valence-corrected chi connectivity index (χ2v) is 7.59. The van der Waals surface area contributed by atoms with Gasteiger partial charge in [0, 0.05) is 17.0 Å². The molecule has 2 aromatic heterocycles. The summed E-state index contributed by atoms with van der Waals surface area (Å²) in [6.45, 7) is -1.19. The van der Waals surface area contributed by atoms with E-state index in [1.165, 1.54) is 22.8 Å². The number of para-hydroxylation sites is 1. The van der Waals surface area contributed by atoms with Crippen LogP contribution in [0.25, 0.3) is 27.5 Å². The van der Waals surface area contributed by atoms with Gasteiger partial charge in [0.25, 0.3) is 0 Å². The number of benzene rings is 3. The Morgan fingerprint density at radius 1 is 0.935 bits per heavy atom. The smallest absolute Gasteiger partial charge is 0.147 e. The molecule has 0 fully saturated rings. The summed E-state index contributed by atoms with van der Waals surface area (Å²) in [5, 5.41) is 16.8. The van der Waals surface area contributed by atoms with E-state index in [2.05, 4.69) is 5.10 Å². The minimum absolute atomic E-state index is 0.147. The van der Waals surface area contributed by atoms with E-state index in [-0.39, 0.29) is 12.4 Å². The van der Waals surface area contributed by atoms with Crippen molar-refractivity contribution < 1.29 is 18.3 Å². The third kappa shape index (κ3) is 3.27. The van der Waals surface area contributed by atoms with Crippen molar-refractivity contribution in [1.82, 2.24) is 14.3 Å². The predicted octanol–water partition coefficient (Wildman–Crippen LogP) is 5.12. The standard InChI is InChI=1S/C24H18F3N3O/c25-14-24(31,15-29-11-10-16-2-1-3-21(27)23(16)29)18-4-9-22-17(12-18)13-28-30(22)20-7-5-19(26)6-8-20/h1-13,31H,14-15H2. The molecule has 31 heavy (non-hydrogen) atoms. The van der Waals surface area contributed by atoms with Gasteiger partial charge in [0.15, 0.2) is 0 Å². The van der Waals surface area contributed by atoms with Gasteiger partial charge in [0.1, 0.15) is 23.9 Å². The highest BCUT2D eigenvalue weighted by Crippen LogP contribution is 2.30. The molecule has 0 aliphatic heterocycles. The molecule has 5 aromatic rings. The van der Waals surface area contributed by atoms with Gasteiger partial charge >= 0.3 is 0 Å². The van der Waals surface area contributed by atoms with E-state index in [0.717, 1.165) is 5.52 Å². The van der Waals surface area contributed by atoms with Crippen LogP contribution < -0.4 is 0 Å². The summed E-state index contributed by atoms with van der Waals surface area (Å²) in [4.78, 5) is 0.